The van der Waals surface area contributed by atoms with Crippen molar-refractivity contribution in [3.63, 3.8) is 0 Å². The molecule has 0 aliphatic carbocycles. The third kappa shape index (κ3) is 6.06. The minimum atomic E-state index is -0.301. The molecule has 196 valence electrons. The van der Waals surface area contributed by atoms with E-state index < -0.39 is 0 Å². The number of piperidine rings is 1. The van der Waals surface area contributed by atoms with Crippen molar-refractivity contribution in [1.82, 2.24) is 24.6 Å². The Labute approximate surface area is 219 Å². The number of ether oxygens (including phenoxy) is 1. The van der Waals surface area contributed by atoms with Gasteiger partial charge in [-0.1, -0.05) is 19.1 Å². The first-order valence-electron chi connectivity index (χ1n) is 12.6. The van der Waals surface area contributed by atoms with Crippen LogP contribution in [0.4, 0.5) is 10.3 Å². The lowest BCUT2D eigenvalue weighted by molar-refractivity contribution is -0.136. The number of hydrogen-bond donors (Lipinski definition) is 1. The standard InChI is InChI=1S/C26H31FN6O3S/c1-18-6-8-31(16-23(34)32-9-11-36-12-10-32)15-22(18)24-29-26(28-14-19-2-4-21(27)5-3-19)33(30-24)25(35)20-7-13-37-17-20/h2-5,7,13,17-18,22H,6,8-12,14-16H2,1H3,(H,28,29,30). The van der Waals surface area contributed by atoms with Crippen molar-refractivity contribution in [3.8, 4) is 0 Å². The highest BCUT2D eigenvalue weighted by Crippen LogP contribution is 2.31. The number of anilines is 1. The molecule has 0 spiro atoms. The van der Waals surface area contributed by atoms with Crippen molar-refractivity contribution in [2.45, 2.75) is 25.8 Å². The molecule has 1 amide bonds. The number of rotatable bonds is 7. The summed E-state index contributed by atoms with van der Waals surface area (Å²) in [5, 5.41) is 11.5. The summed E-state index contributed by atoms with van der Waals surface area (Å²) in [5.41, 5.74) is 1.40. The van der Waals surface area contributed by atoms with Crippen LogP contribution < -0.4 is 5.32 Å². The van der Waals surface area contributed by atoms with Crippen LogP contribution in [0, 0.1) is 11.7 Å². The van der Waals surface area contributed by atoms with Crippen molar-refractivity contribution < 1.29 is 18.7 Å². The normalized spacial score (nSPS) is 20.6. The summed E-state index contributed by atoms with van der Waals surface area (Å²) in [5.74, 6) is 0.768. The fourth-order valence-corrected chi connectivity index (χ4v) is 5.38. The summed E-state index contributed by atoms with van der Waals surface area (Å²) in [6, 6.07) is 7.95. The van der Waals surface area contributed by atoms with E-state index in [9.17, 15) is 14.0 Å². The molecule has 0 radical (unpaired) electrons. The quantitative estimate of drug-likeness (QED) is 0.506. The monoisotopic (exact) mass is 526 g/mol. The molecule has 11 heteroatoms. The number of aromatic nitrogens is 3. The molecule has 0 bridgehead atoms. The van der Waals surface area contributed by atoms with E-state index in [0.717, 1.165) is 18.5 Å². The van der Waals surface area contributed by atoms with Gasteiger partial charge in [-0.25, -0.2) is 4.39 Å². The van der Waals surface area contributed by atoms with E-state index in [0.29, 0.717) is 69.2 Å². The summed E-state index contributed by atoms with van der Waals surface area (Å²) in [6.45, 7) is 6.79. The number of likely N-dealkylation sites (tertiary alicyclic amines) is 1. The molecule has 2 aliphatic rings. The van der Waals surface area contributed by atoms with Gasteiger partial charge >= 0.3 is 0 Å². The number of carbonyl (C=O) groups is 2. The van der Waals surface area contributed by atoms with Crippen LogP contribution in [0.2, 0.25) is 0 Å². The fourth-order valence-electron chi connectivity index (χ4n) is 4.75. The number of morpholine rings is 1. The molecule has 4 heterocycles. The molecule has 3 aromatic rings. The molecule has 2 aromatic heterocycles. The van der Waals surface area contributed by atoms with E-state index in [4.69, 9.17) is 9.72 Å². The van der Waals surface area contributed by atoms with Gasteiger partial charge in [0.2, 0.25) is 11.9 Å². The molecule has 2 saturated heterocycles. The number of nitrogens with one attached hydrogen (secondary N) is 1. The number of thiophene rings is 1. The first-order valence-corrected chi connectivity index (χ1v) is 13.5. The zero-order chi connectivity index (χ0) is 25.8. The number of halogens is 1. The Hall–Kier alpha value is -3.15. The summed E-state index contributed by atoms with van der Waals surface area (Å²) < 4.78 is 20.0. The highest BCUT2D eigenvalue weighted by Gasteiger charge is 2.33. The van der Waals surface area contributed by atoms with Crippen molar-refractivity contribution in [1.29, 1.82) is 0 Å². The lowest BCUT2D eigenvalue weighted by Crippen LogP contribution is -2.48. The van der Waals surface area contributed by atoms with Gasteiger partial charge in [-0.2, -0.15) is 21.0 Å². The van der Waals surface area contributed by atoms with E-state index in [1.54, 1.807) is 23.6 Å². The predicted molar refractivity (Wildman–Crippen MR) is 138 cm³/mol. The number of nitrogens with zero attached hydrogens (tertiary/aromatic N) is 5. The van der Waals surface area contributed by atoms with Crippen LogP contribution in [0.5, 0.6) is 0 Å². The highest BCUT2D eigenvalue weighted by molar-refractivity contribution is 7.08. The van der Waals surface area contributed by atoms with Gasteiger partial charge in [-0.05, 0) is 48.0 Å². The van der Waals surface area contributed by atoms with E-state index in [-0.39, 0.29) is 23.5 Å². The van der Waals surface area contributed by atoms with Crippen molar-refractivity contribution in [2.75, 3.05) is 51.3 Å². The van der Waals surface area contributed by atoms with Gasteiger partial charge in [0.05, 0.1) is 25.3 Å². The van der Waals surface area contributed by atoms with Gasteiger partial charge in [-0.15, -0.1) is 5.10 Å². The molecule has 37 heavy (non-hydrogen) atoms. The molecule has 9 nitrogen and oxygen atoms in total. The molecule has 1 aromatic carbocycles. The SMILES string of the molecule is CC1CCN(CC(=O)N2CCOCC2)CC1c1nc(NCc2ccc(F)cc2)n(C(=O)c2ccsc2)n1. The fraction of sp³-hybridized carbons (Fsp3) is 0.462. The summed E-state index contributed by atoms with van der Waals surface area (Å²) in [6.07, 6.45) is 0.909. The van der Waals surface area contributed by atoms with Gasteiger partial charge < -0.3 is 15.0 Å². The second-order valence-electron chi connectivity index (χ2n) is 9.60. The lowest BCUT2D eigenvalue weighted by Gasteiger charge is -2.36. The Bertz CT molecular complexity index is 1210. The molecule has 2 fully saturated rings. The van der Waals surface area contributed by atoms with Gasteiger partial charge in [0.25, 0.3) is 5.91 Å². The Morgan fingerprint density at radius 3 is 2.68 bits per heavy atom. The maximum absolute atomic E-state index is 13.3. The van der Waals surface area contributed by atoms with Crippen LogP contribution in [0.3, 0.4) is 0 Å². The molecule has 1 N–H and O–H groups in total. The molecule has 2 atom stereocenters. The van der Waals surface area contributed by atoms with Crippen LogP contribution >= 0.6 is 11.3 Å². The molecule has 5 rings (SSSR count). The van der Waals surface area contributed by atoms with E-state index in [1.165, 1.54) is 28.2 Å². The minimum Gasteiger partial charge on any atom is -0.378 e. The molecular formula is C26H31FN6O3S. The van der Waals surface area contributed by atoms with Crippen LogP contribution in [0.25, 0.3) is 0 Å². The van der Waals surface area contributed by atoms with Gasteiger partial charge in [0.15, 0.2) is 5.82 Å². The number of carbonyl (C=O) groups excluding carboxylic acids is 2. The second kappa shape index (κ2) is 11.5. The predicted octanol–water partition coefficient (Wildman–Crippen LogP) is 3.06. The topological polar surface area (TPSA) is 92.6 Å². The van der Waals surface area contributed by atoms with Gasteiger partial charge in [0.1, 0.15) is 5.82 Å². The average molecular weight is 527 g/mol. The highest BCUT2D eigenvalue weighted by atomic mass is 32.1. The van der Waals surface area contributed by atoms with Crippen molar-refractivity contribution in [2.24, 2.45) is 5.92 Å². The maximum Gasteiger partial charge on any atom is 0.282 e. The molecule has 2 aliphatic heterocycles. The number of hydrogen-bond acceptors (Lipinski definition) is 8. The number of amides is 1. The van der Waals surface area contributed by atoms with E-state index in [1.807, 2.05) is 10.3 Å². The van der Waals surface area contributed by atoms with Crippen LogP contribution in [0.15, 0.2) is 41.1 Å². The average Bonchev–Trinajstić information content (AvgIpc) is 3.60. The summed E-state index contributed by atoms with van der Waals surface area (Å²) in [4.78, 5) is 34.9. The van der Waals surface area contributed by atoms with Crippen LogP contribution in [0.1, 0.15) is 41.0 Å². The Morgan fingerprint density at radius 2 is 1.95 bits per heavy atom. The third-order valence-corrected chi connectivity index (χ3v) is 7.73. The van der Waals surface area contributed by atoms with Crippen molar-refractivity contribution in [3.05, 3.63) is 63.9 Å². The zero-order valence-electron chi connectivity index (χ0n) is 20.8. The lowest BCUT2D eigenvalue weighted by atomic mass is 9.86. The number of benzene rings is 1. The molecule has 0 saturated carbocycles. The Kier molecular flexibility index (Phi) is 7.92. The zero-order valence-corrected chi connectivity index (χ0v) is 21.6. The van der Waals surface area contributed by atoms with Crippen LogP contribution in [-0.2, 0) is 16.1 Å². The molecule has 2 unspecified atom stereocenters. The Morgan fingerprint density at radius 1 is 1.16 bits per heavy atom. The summed E-state index contributed by atoms with van der Waals surface area (Å²) >= 11 is 1.44. The first kappa shape index (κ1) is 25.5. The third-order valence-electron chi connectivity index (χ3n) is 7.04. The Balaban J connectivity index is 1.34. The van der Waals surface area contributed by atoms with Crippen LogP contribution in [-0.4, -0.2) is 82.3 Å². The van der Waals surface area contributed by atoms with Gasteiger partial charge in [-0.3, -0.25) is 14.5 Å². The smallest absolute Gasteiger partial charge is 0.282 e. The molecular weight excluding hydrogens is 495 g/mol. The largest absolute Gasteiger partial charge is 0.378 e. The first-order chi connectivity index (χ1) is 18.0. The van der Waals surface area contributed by atoms with Crippen molar-refractivity contribution >= 4 is 29.1 Å². The van der Waals surface area contributed by atoms with Gasteiger partial charge in [0, 0.05) is 37.5 Å². The van der Waals surface area contributed by atoms with E-state index >= 15 is 0 Å². The second-order valence-corrected chi connectivity index (χ2v) is 10.4. The summed E-state index contributed by atoms with van der Waals surface area (Å²) in [7, 11) is 0. The minimum absolute atomic E-state index is 0.0193. The van der Waals surface area contributed by atoms with E-state index in [2.05, 4.69) is 22.2 Å². The maximum atomic E-state index is 13.3.